The molecule has 0 radical (unpaired) electrons. The molecule has 0 saturated heterocycles. The molecule has 72 valence electrons. The van der Waals surface area contributed by atoms with Crippen LogP contribution in [0, 0.1) is 11.3 Å². The Hall–Kier alpha value is -1.47. The minimum absolute atomic E-state index is 0.286. The molecule has 0 saturated carbocycles. The fourth-order valence-corrected chi connectivity index (χ4v) is 1.50. The second-order valence-corrected chi connectivity index (χ2v) is 3.53. The van der Waals surface area contributed by atoms with Crippen LogP contribution in [0.2, 0.25) is 0 Å². The lowest BCUT2D eigenvalue weighted by Gasteiger charge is -2.01. The predicted molar refractivity (Wildman–Crippen MR) is 53.6 cm³/mol. The molecule has 0 N–H and O–H groups in total. The van der Waals surface area contributed by atoms with Gasteiger partial charge in [0.15, 0.2) is 0 Å². The van der Waals surface area contributed by atoms with Crippen LogP contribution in [-0.2, 0) is 9.53 Å². The number of hydrogen-bond acceptors (Lipinski definition) is 4. The Labute approximate surface area is 86.7 Å². The van der Waals surface area contributed by atoms with E-state index in [1.165, 1.54) is 18.7 Å². The summed E-state index contributed by atoms with van der Waals surface area (Å²) in [7, 11) is 0. The monoisotopic (exact) mass is 207 g/mol. The molecule has 0 unspecified atom stereocenters. The standard InChI is InChI=1S/C10H9NO2S/c1-8(12)13-7-14-10-4-2-9(6-11)3-5-10/h2-5H,7H2,1H3. The first kappa shape index (κ1) is 10.6. The maximum Gasteiger partial charge on any atom is 0.303 e. The van der Waals surface area contributed by atoms with Gasteiger partial charge in [-0.3, -0.25) is 4.79 Å². The summed E-state index contributed by atoms with van der Waals surface area (Å²) in [4.78, 5) is 11.4. The molecular weight excluding hydrogens is 198 g/mol. The van der Waals surface area contributed by atoms with E-state index in [0.717, 1.165) is 4.90 Å². The summed E-state index contributed by atoms with van der Waals surface area (Å²) in [6.45, 7) is 1.37. The second kappa shape index (κ2) is 5.30. The Balaban J connectivity index is 2.45. The van der Waals surface area contributed by atoms with E-state index < -0.39 is 0 Å². The highest BCUT2D eigenvalue weighted by molar-refractivity contribution is 7.99. The quantitative estimate of drug-likeness (QED) is 0.433. The number of nitrogens with zero attached hydrogens (tertiary/aromatic N) is 1. The summed E-state index contributed by atoms with van der Waals surface area (Å²) in [5.74, 6) is 0.0208. The molecule has 0 bridgehead atoms. The van der Waals surface area contributed by atoms with Crippen molar-refractivity contribution in [3.63, 3.8) is 0 Å². The molecule has 0 aliphatic rings. The fourth-order valence-electron chi connectivity index (χ4n) is 0.806. The molecule has 0 atom stereocenters. The van der Waals surface area contributed by atoms with Crippen molar-refractivity contribution in [1.82, 2.24) is 0 Å². The molecule has 0 fully saturated rings. The third-order valence-electron chi connectivity index (χ3n) is 1.47. The number of carbonyl (C=O) groups excluding carboxylic acids is 1. The molecule has 1 aromatic rings. The van der Waals surface area contributed by atoms with Crippen LogP contribution in [-0.4, -0.2) is 11.9 Å². The van der Waals surface area contributed by atoms with Crippen molar-refractivity contribution in [2.24, 2.45) is 0 Å². The summed E-state index contributed by atoms with van der Waals surface area (Å²) < 4.78 is 4.76. The van der Waals surface area contributed by atoms with E-state index in [4.69, 9.17) is 10.00 Å². The zero-order valence-corrected chi connectivity index (χ0v) is 8.50. The molecule has 0 aliphatic carbocycles. The highest BCUT2D eigenvalue weighted by Gasteiger charge is 1.96. The van der Waals surface area contributed by atoms with E-state index in [-0.39, 0.29) is 5.97 Å². The van der Waals surface area contributed by atoms with Crippen molar-refractivity contribution in [2.75, 3.05) is 5.94 Å². The molecule has 0 heterocycles. The van der Waals surface area contributed by atoms with Crippen LogP contribution in [0.5, 0.6) is 0 Å². The Kier molecular flexibility index (Phi) is 4.02. The second-order valence-electron chi connectivity index (χ2n) is 2.53. The summed E-state index contributed by atoms with van der Waals surface area (Å²) >= 11 is 1.42. The molecule has 0 aliphatic heterocycles. The number of thioether (sulfide) groups is 1. The Bertz CT molecular complexity index is 353. The van der Waals surface area contributed by atoms with Crippen LogP contribution >= 0.6 is 11.8 Å². The number of benzene rings is 1. The fraction of sp³-hybridized carbons (Fsp3) is 0.200. The summed E-state index contributed by atoms with van der Waals surface area (Å²) in [6.07, 6.45) is 0. The van der Waals surface area contributed by atoms with Gasteiger partial charge in [-0.1, -0.05) is 11.8 Å². The number of esters is 1. The minimum Gasteiger partial charge on any atom is -0.454 e. The molecule has 14 heavy (non-hydrogen) atoms. The van der Waals surface area contributed by atoms with E-state index in [1.54, 1.807) is 12.1 Å². The van der Waals surface area contributed by atoms with Gasteiger partial charge < -0.3 is 4.74 Å². The smallest absolute Gasteiger partial charge is 0.303 e. The van der Waals surface area contributed by atoms with Crippen LogP contribution in [0.15, 0.2) is 29.2 Å². The van der Waals surface area contributed by atoms with Gasteiger partial charge in [0, 0.05) is 11.8 Å². The van der Waals surface area contributed by atoms with Crippen molar-refractivity contribution in [3.05, 3.63) is 29.8 Å². The molecule has 4 heteroatoms. The van der Waals surface area contributed by atoms with E-state index in [9.17, 15) is 4.79 Å². The van der Waals surface area contributed by atoms with Gasteiger partial charge in [-0.05, 0) is 24.3 Å². The number of nitriles is 1. The topological polar surface area (TPSA) is 50.1 Å². The first-order valence-electron chi connectivity index (χ1n) is 3.98. The predicted octanol–water partition coefficient (Wildman–Crippen LogP) is 2.17. The van der Waals surface area contributed by atoms with Gasteiger partial charge in [0.2, 0.25) is 0 Å². The minimum atomic E-state index is -0.286. The third-order valence-corrected chi connectivity index (χ3v) is 2.31. The molecule has 0 amide bonds. The summed E-state index contributed by atoms with van der Waals surface area (Å²) in [5.41, 5.74) is 0.627. The zero-order valence-electron chi connectivity index (χ0n) is 7.69. The number of hydrogen-bond donors (Lipinski definition) is 0. The van der Waals surface area contributed by atoms with Crippen molar-refractivity contribution in [1.29, 1.82) is 5.26 Å². The van der Waals surface area contributed by atoms with Crippen molar-refractivity contribution < 1.29 is 9.53 Å². The van der Waals surface area contributed by atoms with E-state index in [2.05, 4.69) is 0 Å². The molecule has 0 aromatic heterocycles. The van der Waals surface area contributed by atoms with Gasteiger partial charge >= 0.3 is 5.97 Å². The Morgan fingerprint density at radius 3 is 2.64 bits per heavy atom. The van der Waals surface area contributed by atoms with E-state index in [1.807, 2.05) is 18.2 Å². The number of carbonyl (C=O) groups is 1. The maximum absolute atomic E-state index is 10.5. The summed E-state index contributed by atoms with van der Waals surface area (Å²) in [6, 6.07) is 9.15. The SMILES string of the molecule is CC(=O)OCSc1ccc(C#N)cc1. The average Bonchev–Trinajstić information content (AvgIpc) is 2.18. The van der Waals surface area contributed by atoms with Gasteiger partial charge in [0.05, 0.1) is 11.6 Å². The van der Waals surface area contributed by atoms with Crippen molar-refractivity contribution in [3.8, 4) is 6.07 Å². The Morgan fingerprint density at radius 1 is 1.50 bits per heavy atom. The van der Waals surface area contributed by atoms with Gasteiger partial charge in [0.1, 0.15) is 5.94 Å². The van der Waals surface area contributed by atoms with Gasteiger partial charge in [-0.2, -0.15) is 5.26 Å². The molecule has 1 aromatic carbocycles. The lowest BCUT2D eigenvalue weighted by atomic mass is 10.2. The van der Waals surface area contributed by atoms with Crippen LogP contribution in [0.1, 0.15) is 12.5 Å². The number of ether oxygens (including phenoxy) is 1. The maximum atomic E-state index is 10.5. The van der Waals surface area contributed by atoms with Crippen LogP contribution < -0.4 is 0 Å². The lowest BCUT2D eigenvalue weighted by molar-refractivity contribution is -0.138. The van der Waals surface area contributed by atoms with E-state index >= 15 is 0 Å². The molecule has 0 spiro atoms. The first-order chi connectivity index (χ1) is 6.72. The third kappa shape index (κ3) is 3.50. The molecule has 3 nitrogen and oxygen atoms in total. The lowest BCUT2D eigenvalue weighted by Crippen LogP contribution is -1.96. The average molecular weight is 207 g/mol. The van der Waals surface area contributed by atoms with Crippen LogP contribution in [0.4, 0.5) is 0 Å². The van der Waals surface area contributed by atoms with Crippen LogP contribution in [0.25, 0.3) is 0 Å². The first-order valence-corrected chi connectivity index (χ1v) is 4.97. The molecular formula is C10H9NO2S. The van der Waals surface area contributed by atoms with Gasteiger partial charge in [-0.25, -0.2) is 0 Å². The summed E-state index contributed by atoms with van der Waals surface area (Å²) in [5, 5.41) is 8.55. The van der Waals surface area contributed by atoms with Crippen LogP contribution in [0.3, 0.4) is 0 Å². The normalized spacial score (nSPS) is 9.14. The largest absolute Gasteiger partial charge is 0.454 e. The van der Waals surface area contributed by atoms with Gasteiger partial charge in [-0.15, -0.1) is 0 Å². The van der Waals surface area contributed by atoms with Crippen molar-refractivity contribution >= 4 is 17.7 Å². The number of rotatable bonds is 3. The van der Waals surface area contributed by atoms with E-state index in [0.29, 0.717) is 11.5 Å². The Morgan fingerprint density at radius 2 is 2.14 bits per heavy atom. The highest BCUT2D eigenvalue weighted by Crippen LogP contribution is 2.18. The van der Waals surface area contributed by atoms with Gasteiger partial charge in [0.25, 0.3) is 0 Å². The van der Waals surface area contributed by atoms with Crippen molar-refractivity contribution in [2.45, 2.75) is 11.8 Å². The zero-order chi connectivity index (χ0) is 10.4. The highest BCUT2D eigenvalue weighted by atomic mass is 32.2. The molecule has 1 rings (SSSR count).